The van der Waals surface area contributed by atoms with Crippen LogP contribution in [0.4, 0.5) is 0 Å². The summed E-state index contributed by atoms with van der Waals surface area (Å²) in [6, 6.07) is 13.2. The molecule has 0 amide bonds. The lowest BCUT2D eigenvalue weighted by molar-refractivity contribution is 0.589. The smallest absolute Gasteiger partial charge is 0.237 e. The fraction of sp³-hybridized carbons (Fsp3) is 0. The van der Waals surface area contributed by atoms with Crippen LogP contribution in [0.15, 0.2) is 59.6 Å². The van der Waals surface area contributed by atoms with Crippen LogP contribution >= 0.6 is 11.6 Å². The highest BCUT2D eigenvalue weighted by molar-refractivity contribution is 7.90. The van der Waals surface area contributed by atoms with Gasteiger partial charge in [0.15, 0.2) is 5.65 Å². The Balaban J connectivity index is 2.34. The lowest BCUT2D eigenvalue weighted by Crippen LogP contribution is -2.13. The number of aromatic nitrogens is 2. The highest BCUT2D eigenvalue weighted by atomic mass is 35.5. The number of pyridine rings is 1. The average Bonchev–Trinajstić information content (AvgIpc) is 2.76. The van der Waals surface area contributed by atoms with Gasteiger partial charge in [-0.15, -0.1) is 0 Å². The van der Waals surface area contributed by atoms with Crippen LogP contribution in [0.25, 0.3) is 11.0 Å². The second-order valence-corrected chi connectivity index (χ2v) is 6.14. The predicted molar refractivity (Wildman–Crippen MR) is 73.8 cm³/mol. The molecule has 0 radical (unpaired) electrons. The van der Waals surface area contributed by atoms with Crippen LogP contribution in [0.1, 0.15) is 0 Å². The summed E-state index contributed by atoms with van der Waals surface area (Å²) < 4.78 is 26.2. The number of halogens is 1. The Hall–Kier alpha value is -1.85. The first-order chi connectivity index (χ1) is 9.10. The summed E-state index contributed by atoms with van der Waals surface area (Å²) in [5.41, 5.74) is 0.330. The van der Waals surface area contributed by atoms with Crippen molar-refractivity contribution in [3.63, 3.8) is 0 Å². The Morgan fingerprint density at radius 2 is 1.79 bits per heavy atom. The van der Waals surface area contributed by atoms with Crippen molar-refractivity contribution in [1.82, 2.24) is 8.96 Å². The Kier molecular flexibility index (Phi) is 2.80. The Morgan fingerprint density at radius 1 is 1.05 bits per heavy atom. The number of nitrogens with zero attached hydrogens (tertiary/aromatic N) is 2. The fourth-order valence-electron chi connectivity index (χ4n) is 1.91. The Bertz CT molecular complexity index is 841. The minimum atomic E-state index is -3.73. The molecule has 2 heterocycles. The normalized spacial score (nSPS) is 11.8. The van der Waals surface area contributed by atoms with Gasteiger partial charge >= 0.3 is 0 Å². The van der Waals surface area contributed by atoms with Gasteiger partial charge in [-0.1, -0.05) is 29.8 Å². The summed E-state index contributed by atoms with van der Waals surface area (Å²) in [5, 5.41) is 0.810. The number of fused-ring (bicyclic) bond motifs is 1. The third-order valence-electron chi connectivity index (χ3n) is 2.76. The van der Waals surface area contributed by atoms with E-state index in [2.05, 4.69) is 4.98 Å². The Morgan fingerprint density at radius 3 is 2.53 bits per heavy atom. The molecule has 3 rings (SSSR count). The molecule has 4 nitrogen and oxygen atoms in total. The van der Waals surface area contributed by atoms with E-state index in [0.29, 0.717) is 11.0 Å². The SMILES string of the molecule is O=S(=O)(c1ccccc1)n1c(Cl)cc2cccnc21. The fourth-order valence-corrected chi connectivity index (χ4v) is 3.75. The summed E-state index contributed by atoms with van der Waals surface area (Å²) in [7, 11) is -3.73. The van der Waals surface area contributed by atoms with Crippen molar-refractivity contribution in [3.05, 3.63) is 59.9 Å². The van der Waals surface area contributed by atoms with Gasteiger partial charge in [-0.05, 0) is 30.3 Å². The van der Waals surface area contributed by atoms with Crippen LogP contribution in [-0.4, -0.2) is 17.4 Å². The molecule has 3 aromatic rings. The summed E-state index contributed by atoms with van der Waals surface area (Å²) in [5.74, 6) is 0. The van der Waals surface area contributed by atoms with Crippen molar-refractivity contribution in [1.29, 1.82) is 0 Å². The maximum Gasteiger partial charge on any atom is 0.270 e. The van der Waals surface area contributed by atoms with Crippen molar-refractivity contribution >= 4 is 32.7 Å². The van der Waals surface area contributed by atoms with Gasteiger partial charge in [-0.2, -0.15) is 0 Å². The topological polar surface area (TPSA) is 52.0 Å². The van der Waals surface area contributed by atoms with Crippen LogP contribution < -0.4 is 0 Å². The zero-order valence-electron chi connectivity index (χ0n) is 9.69. The van der Waals surface area contributed by atoms with Crippen molar-refractivity contribution in [3.8, 4) is 0 Å². The first-order valence-corrected chi connectivity index (χ1v) is 7.35. The van der Waals surface area contributed by atoms with E-state index in [9.17, 15) is 8.42 Å². The predicted octanol–water partition coefficient (Wildman–Crippen LogP) is 2.93. The van der Waals surface area contributed by atoms with Gasteiger partial charge in [0.25, 0.3) is 10.0 Å². The third-order valence-corrected chi connectivity index (χ3v) is 4.86. The maximum atomic E-state index is 12.6. The maximum absolute atomic E-state index is 12.6. The molecule has 19 heavy (non-hydrogen) atoms. The van der Waals surface area contributed by atoms with E-state index in [1.165, 1.54) is 18.3 Å². The van der Waals surface area contributed by atoms with Gasteiger partial charge in [0, 0.05) is 11.6 Å². The van der Waals surface area contributed by atoms with Crippen molar-refractivity contribution < 1.29 is 8.42 Å². The standard InChI is InChI=1S/C13H9ClN2O2S/c14-12-9-10-5-4-8-15-13(10)16(12)19(17,18)11-6-2-1-3-7-11/h1-9H. The molecule has 0 bridgehead atoms. The zero-order valence-corrected chi connectivity index (χ0v) is 11.3. The molecule has 0 atom stereocenters. The molecule has 0 saturated heterocycles. The molecule has 0 unspecified atom stereocenters. The van der Waals surface area contributed by atoms with Crippen molar-refractivity contribution in [2.24, 2.45) is 0 Å². The van der Waals surface area contributed by atoms with E-state index in [1.54, 1.807) is 36.4 Å². The first kappa shape index (κ1) is 12.2. The molecule has 0 aliphatic heterocycles. The van der Waals surface area contributed by atoms with Crippen LogP contribution in [0.5, 0.6) is 0 Å². The van der Waals surface area contributed by atoms with Gasteiger partial charge < -0.3 is 0 Å². The average molecular weight is 293 g/mol. The minimum absolute atomic E-state index is 0.123. The molecule has 0 N–H and O–H groups in total. The van der Waals surface area contributed by atoms with E-state index in [-0.39, 0.29) is 10.0 Å². The monoisotopic (exact) mass is 292 g/mol. The summed E-state index contributed by atoms with van der Waals surface area (Å²) in [4.78, 5) is 4.27. The quantitative estimate of drug-likeness (QED) is 0.730. The minimum Gasteiger partial charge on any atom is -0.237 e. The molecule has 0 saturated carbocycles. The molecule has 2 aromatic heterocycles. The highest BCUT2D eigenvalue weighted by Gasteiger charge is 2.22. The second kappa shape index (κ2) is 4.36. The van der Waals surface area contributed by atoms with Crippen LogP contribution in [-0.2, 0) is 10.0 Å². The van der Waals surface area contributed by atoms with Gasteiger partial charge in [-0.25, -0.2) is 17.4 Å². The third kappa shape index (κ3) is 1.91. The van der Waals surface area contributed by atoms with E-state index in [1.807, 2.05) is 0 Å². The van der Waals surface area contributed by atoms with Gasteiger partial charge in [0.2, 0.25) is 0 Å². The molecule has 96 valence electrons. The molecule has 0 spiro atoms. The molecule has 6 heteroatoms. The van der Waals surface area contributed by atoms with Crippen LogP contribution in [0.2, 0.25) is 5.15 Å². The van der Waals surface area contributed by atoms with Crippen molar-refractivity contribution in [2.75, 3.05) is 0 Å². The number of rotatable bonds is 2. The molecular weight excluding hydrogens is 284 g/mol. The largest absolute Gasteiger partial charge is 0.270 e. The number of hydrogen-bond donors (Lipinski definition) is 0. The molecule has 1 aromatic carbocycles. The van der Waals surface area contributed by atoms with Crippen molar-refractivity contribution in [2.45, 2.75) is 4.90 Å². The highest BCUT2D eigenvalue weighted by Crippen LogP contribution is 2.26. The van der Waals surface area contributed by atoms with E-state index >= 15 is 0 Å². The first-order valence-electron chi connectivity index (χ1n) is 5.53. The van der Waals surface area contributed by atoms with Gasteiger partial charge in [-0.3, -0.25) is 0 Å². The summed E-state index contributed by atoms with van der Waals surface area (Å²) in [6.45, 7) is 0. The molecule has 0 fully saturated rings. The van der Waals surface area contributed by atoms with Crippen LogP contribution in [0, 0.1) is 0 Å². The molecule has 0 aliphatic carbocycles. The number of benzene rings is 1. The van der Waals surface area contributed by atoms with Crippen LogP contribution in [0.3, 0.4) is 0 Å². The van der Waals surface area contributed by atoms with Gasteiger partial charge in [0.1, 0.15) is 5.15 Å². The molecular formula is C13H9ClN2O2S. The lowest BCUT2D eigenvalue weighted by atomic mass is 10.3. The van der Waals surface area contributed by atoms with E-state index < -0.39 is 10.0 Å². The van der Waals surface area contributed by atoms with Gasteiger partial charge in [0.05, 0.1) is 4.90 Å². The van der Waals surface area contributed by atoms with E-state index in [4.69, 9.17) is 11.6 Å². The van der Waals surface area contributed by atoms with E-state index in [0.717, 1.165) is 3.97 Å². The number of hydrogen-bond acceptors (Lipinski definition) is 3. The molecule has 0 aliphatic rings. The summed E-state index contributed by atoms with van der Waals surface area (Å²) >= 11 is 6.05. The second-order valence-electron chi connectivity index (χ2n) is 3.97. The summed E-state index contributed by atoms with van der Waals surface area (Å²) in [6.07, 6.45) is 1.54. The Labute approximate surface area is 115 Å². The zero-order chi connectivity index (χ0) is 13.5. The lowest BCUT2D eigenvalue weighted by Gasteiger charge is -2.07.